The first-order valence-electron chi connectivity index (χ1n) is 13.4. The van der Waals surface area contributed by atoms with Crippen LogP contribution in [0, 0.1) is 12.8 Å². The van der Waals surface area contributed by atoms with Gasteiger partial charge in [-0.1, -0.05) is 42.5 Å². The summed E-state index contributed by atoms with van der Waals surface area (Å²) in [5, 5.41) is 9.37. The molecule has 1 fully saturated rings. The number of ether oxygens (including phenoxy) is 2. The second kappa shape index (κ2) is 12.5. The van der Waals surface area contributed by atoms with Crippen LogP contribution in [0.3, 0.4) is 0 Å². The fourth-order valence-electron chi connectivity index (χ4n) is 4.45. The van der Waals surface area contributed by atoms with Gasteiger partial charge in [0.25, 0.3) is 0 Å². The van der Waals surface area contributed by atoms with Gasteiger partial charge in [-0.3, -0.25) is 9.69 Å². The number of oxazole rings is 1. The van der Waals surface area contributed by atoms with Gasteiger partial charge in [-0.25, -0.2) is 9.78 Å². The summed E-state index contributed by atoms with van der Waals surface area (Å²) in [7, 11) is 0. The van der Waals surface area contributed by atoms with Crippen molar-refractivity contribution in [1.82, 2.24) is 9.88 Å². The normalized spacial score (nSPS) is 12.6. The Morgan fingerprint density at radius 1 is 0.975 bits per heavy atom. The van der Waals surface area contributed by atoms with Gasteiger partial charge in [-0.2, -0.15) is 0 Å². The fraction of sp³-hybridized carbons (Fsp3) is 0.281. The number of hydrogen-bond donors (Lipinski definition) is 1. The Balaban J connectivity index is 1.15. The van der Waals surface area contributed by atoms with E-state index >= 15 is 0 Å². The number of benzene rings is 3. The number of aliphatic carboxylic acids is 1. The third-order valence-electron chi connectivity index (χ3n) is 6.73. The van der Waals surface area contributed by atoms with Gasteiger partial charge >= 0.3 is 12.1 Å². The molecule has 8 nitrogen and oxygen atoms in total. The number of carboxylic acid groups (broad SMARTS) is 1. The molecule has 3 aromatic carbocycles. The summed E-state index contributed by atoms with van der Waals surface area (Å²) < 4.78 is 17.2. The van der Waals surface area contributed by atoms with Crippen LogP contribution in [0.2, 0.25) is 0 Å². The second-order valence-electron chi connectivity index (χ2n) is 10.0. The van der Waals surface area contributed by atoms with E-state index in [1.807, 2.05) is 67.6 Å². The molecular formula is C32H32N2O6. The summed E-state index contributed by atoms with van der Waals surface area (Å²) in [4.78, 5) is 30.1. The van der Waals surface area contributed by atoms with Gasteiger partial charge < -0.3 is 19.0 Å². The predicted molar refractivity (Wildman–Crippen MR) is 149 cm³/mol. The van der Waals surface area contributed by atoms with Crippen molar-refractivity contribution < 1.29 is 28.6 Å². The van der Waals surface area contributed by atoms with Gasteiger partial charge in [-0.15, -0.1) is 0 Å². The van der Waals surface area contributed by atoms with Crippen LogP contribution in [0.4, 0.5) is 4.79 Å². The van der Waals surface area contributed by atoms with Crippen molar-refractivity contribution in [3.05, 3.63) is 101 Å². The van der Waals surface area contributed by atoms with E-state index in [1.54, 1.807) is 18.2 Å². The maximum Gasteiger partial charge on any atom is 0.416 e. The van der Waals surface area contributed by atoms with Crippen LogP contribution in [-0.2, 0) is 24.2 Å². The largest absolute Gasteiger partial charge is 0.493 e. The summed E-state index contributed by atoms with van der Waals surface area (Å²) in [6, 6.07) is 24.4. The van der Waals surface area contributed by atoms with Crippen LogP contribution in [0.5, 0.6) is 11.5 Å². The van der Waals surface area contributed by atoms with Crippen molar-refractivity contribution in [2.24, 2.45) is 5.92 Å². The number of carboxylic acids is 1. The maximum absolute atomic E-state index is 12.9. The van der Waals surface area contributed by atoms with Crippen LogP contribution in [0.15, 0.2) is 83.3 Å². The molecule has 4 aromatic rings. The average molecular weight is 541 g/mol. The molecule has 1 amide bonds. The molecule has 0 unspecified atom stereocenters. The van der Waals surface area contributed by atoms with Gasteiger partial charge in [0, 0.05) is 18.5 Å². The minimum absolute atomic E-state index is 0.0908. The van der Waals surface area contributed by atoms with Gasteiger partial charge in [0.2, 0.25) is 5.89 Å². The first-order chi connectivity index (χ1) is 19.4. The number of carbonyl (C=O) groups excluding carboxylic acids is 1. The van der Waals surface area contributed by atoms with Crippen LogP contribution in [0.25, 0.3) is 11.5 Å². The number of rotatable bonds is 12. The van der Waals surface area contributed by atoms with E-state index in [4.69, 9.17) is 13.9 Å². The lowest BCUT2D eigenvalue weighted by atomic mass is 10.1. The Morgan fingerprint density at radius 3 is 2.48 bits per heavy atom. The van der Waals surface area contributed by atoms with Crippen molar-refractivity contribution in [2.75, 3.05) is 13.2 Å². The van der Waals surface area contributed by atoms with Crippen molar-refractivity contribution in [3.63, 3.8) is 0 Å². The van der Waals surface area contributed by atoms with Crippen molar-refractivity contribution >= 4 is 12.1 Å². The first kappa shape index (κ1) is 27.0. The smallest absolute Gasteiger partial charge is 0.416 e. The summed E-state index contributed by atoms with van der Waals surface area (Å²) in [5.41, 5.74) is 3.64. The third kappa shape index (κ3) is 7.50. The molecule has 0 bridgehead atoms. The van der Waals surface area contributed by atoms with Gasteiger partial charge in [0.1, 0.15) is 23.8 Å². The first-order valence-corrected chi connectivity index (χ1v) is 13.4. The highest BCUT2D eigenvalue weighted by Crippen LogP contribution is 2.33. The Labute approximate surface area is 233 Å². The van der Waals surface area contributed by atoms with Crippen LogP contribution in [-0.4, -0.2) is 40.2 Å². The molecule has 0 saturated heterocycles. The van der Waals surface area contributed by atoms with E-state index < -0.39 is 18.6 Å². The molecule has 1 N–H and O–H groups in total. The highest BCUT2D eigenvalue weighted by Gasteiger charge is 2.23. The number of nitrogens with zero attached hydrogens (tertiary/aromatic N) is 2. The summed E-state index contributed by atoms with van der Waals surface area (Å²) in [6.45, 7) is 1.93. The fourth-order valence-corrected chi connectivity index (χ4v) is 4.45. The molecule has 206 valence electrons. The van der Waals surface area contributed by atoms with E-state index in [-0.39, 0.29) is 6.54 Å². The Hall–Kier alpha value is -4.59. The molecule has 1 aromatic heterocycles. The second-order valence-corrected chi connectivity index (χ2v) is 10.0. The minimum Gasteiger partial charge on any atom is -0.493 e. The van der Waals surface area contributed by atoms with E-state index in [0.29, 0.717) is 36.3 Å². The number of hydrogen-bond acceptors (Lipinski definition) is 6. The lowest BCUT2D eigenvalue weighted by Gasteiger charge is -2.20. The minimum atomic E-state index is -1.11. The zero-order valence-corrected chi connectivity index (χ0v) is 22.4. The van der Waals surface area contributed by atoms with Crippen LogP contribution in [0.1, 0.15) is 35.4 Å². The van der Waals surface area contributed by atoms with Crippen molar-refractivity contribution in [3.8, 4) is 23.0 Å². The number of amides is 1. The van der Waals surface area contributed by atoms with E-state index in [2.05, 4.69) is 4.98 Å². The summed E-state index contributed by atoms with van der Waals surface area (Å²) in [5.74, 6) is 2.03. The number of aryl methyl sites for hydroxylation is 1. The molecule has 1 aliphatic rings. The molecule has 5 rings (SSSR count). The molecule has 0 aliphatic heterocycles. The molecule has 8 heteroatoms. The molecule has 1 aliphatic carbocycles. The van der Waals surface area contributed by atoms with E-state index in [9.17, 15) is 14.7 Å². The maximum atomic E-state index is 12.9. The van der Waals surface area contributed by atoms with Gasteiger partial charge in [-0.05, 0) is 79.6 Å². The van der Waals surface area contributed by atoms with Crippen molar-refractivity contribution in [2.45, 2.75) is 39.2 Å². The van der Waals surface area contributed by atoms with E-state index in [0.717, 1.165) is 34.6 Å². The van der Waals surface area contributed by atoms with Crippen molar-refractivity contribution in [1.29, 1.82) is 0 Å². The molecule has 40 heavy (non-hydrogen) atoms. The average Bonchev–Trinajstić information content (AvgIpc) is 3.69. The standard InChI is InChI=1S/C32H32N2O6/c1-22-29(33-31(39-22)26-7-3-2-4-8-26)16-17-38-27-14-12-24(13-15-27)20-34(21-30(35)36)32(37)40-28-9-5-6-25(19-28)18-23-10-11-23/h2-9,12-15,19,23H,10-11,16-18,20-21H2,1H3,(H,35,36). The number of aromatic nitrogens is 1. The highest BCUT2D eigenvalue weighted by molar-refractivity contribution is 5.78. The van der Waals surface area contributed by atoms with Gasteiger partial charge in [0.15, 0.2) is 0 Å². The Morgan fingerprint density at radius 2 is 1.75 bits per heavy atom. The lowest BCUT2D eigenvalue weighted by Crippen LogP contribution is -2.37. The van der Waals surface area contributed by atoms with Crippen LogP contribution < -0.4 is 9.47 Å². The third-order valence-corrected chi connectivity index (χ3v) is 6.73. The lowest BCUT2D eigenvalue weighted by molar-refractivity contribution is -0.138. The van der Waals surface area contributed by atoms with Gasteiger partial charge in [0.05, 0.1) is 12.3 Å². The summed E-state index contributed by atoms with van der Waals surface area (Å²) >= 11 is 0. The monoisotopic (exact) mass is 540 g/mol. The summed E-state index contributed by atoms with van der Waals surface area (Å²) in [6.07, 6.45) is 3.31. The topological polar surface area (TPSA) is 102 Å². The van der Waals surface area contributed by atoms with E-state index in [1.165, 1.54) is 17.7 Å². The molecule has 0 radical (unpaired) electrons. The zero-order chi connectivity index (χ0) is 27.9. The molecule has 1 heterocycles. The highest BCUT2D eigenvalue weighted by atomic mass is 16.6. The molecule has 0 spiro atoms. The molecule has 0 atom stereocenters. The zero-order valence-electron chi connectivity index (χ0n) is 22.4. The predicted octanol–water partition coefficient (Wildman–Crippen LogP) is 6.31. The number of carbonyl (C=O) groups is 2. The quantitative estimate of drug-likeness (QED) is 0.225. The Bertz CT molecular complexity index is 1440. The molecule has 1 saturated carbocycles. The molecular weight excluding hydrogens is 508 g/mol. The SMILES string of the molecule is Cc1oc(-c2ccccc2)nc1CCOc1ccc(CN(CC(=O)O)C(=O)Oc2cccc(CC3CC3)c2)cc1. The Kier molecular flexibility index (Phi) is 8.44. The van der Waals surface area contributed by atoms with Crippen LogP contribution >= 0.6 is 0 Å².